The molecule has 1 aliphatic rings. The van der Waals surface area contributed by atoms with Crippen molar-refractivity contribution >= 4 is 5.82 Å². The first-order chi connectivity index (χ1) is 15.0. The Morgan fingerprint density at radius 1 is 1.19 bits per heavy atom. The Hall–Kier alpha value is -3.63. The Kier molecular flexibility index (Phi) is 5.27. The zero-order chi connectivity index (χ0) is 23.1. The highest BCUT2D eigenvalue weighted by Gasteiger charge is 2.31. The highest BCUT2D eigenvalue weighted by molar-refractivity contribution is 5.45. The Morgan fingerprint density at radius 3 is 2.69 bits per heavy atom. The third kappa shape index (κ3) is 4.66. The Balaban J connectivity index is 1.45. The number of rotatable bonds is 5. The molecule has 0 radical (unpaired) electrons. The summed E-state index contributed by atoms with van der Waals surface area (Å²) in [6.07, 6.45) is -2.89. The van der Waals surface area contributed by atoms with E-state index in [4.69, 9.17) is 9.47 Å². The van der Waals surface area contributed by atoms with Gasteiger partial charge in [-0.3, -0.25) is 9.55 Å². The van der Waals surface area contributed by atoms with E-state index >= 15 is 0 Å². The summed E-state index contributed by atoms with van der Waals surface area (Å²) in [6.45, 7) is 4.29. The highest BCUT2D eigenvalue weighted by Crippen LogP contribution is 2.33. The number of hydrogen-bond acceptors (Lipinski definition) is 6. The molecule has 0 saturated heterocycles. The van der Waals surface area contributed by atoms with E-state index in [0.29, 0.717) is 24.1 Å². The van der Waals surface area contributed by atoms with E-state index in [-0.39, 0.29) is 29.5 Å². The maximum Gasteiger partial charge on any atom is 0.418 e. The first-order valence-electron chi connectivity index (χ1n) is 9.52. The van der Waals surface area contributed by atoms with Gasteiger partial charge in [0.15, 0.2) is 11.6 Å². The number of nitrogens with one attached hydrogen (secondary N) is 1. The molecule has 3 aromatic rings. The minimum Gasteiger partial charge on any atom is -0.473 e. The molecule has 4 rings (SSSR count). The summed E-state index contributed by atoms with van der Waals surface area (Å²) >= 11 is 0. The zero-order valence-electron chi connectivity index (χ0n) is 17.0. The molecule has 0 unspecified atom stereocenters. The van der Waals surface area contributed by atoms with Gasteiger partial charge in [0.05, 0.1) is 23.8 Å². The summed E-state index contributed by atoms with van der Waals surface area (Å²) in [5.74, 6) is -0.651. The van der Waals surface area contributed by atoms with Gasteiger partial charge in [0, 0.05) is 12.3 Å². The van der Waals surface area contributed by atoms with Gasteiger partial charge in [0.25, 0.3) is 0 Å². The molecule has 2 aromatic heterocycles. The van der Waals surface area contributed by atoms with Crippen molar-refractivity contribution in [3.8, 4) is 17.4 Å². The second-order valence-corrected chi connectivity index (χ2v) is 7.92. The Bertz CT molecular complexity index is 1220. The van der Waals surface area contributed by atoms with Gasteiger partial charge in [-0.15, -0.1) is 0 Å². The summed E-state index contributed by atoms with van der Waals surface area (Å²) in [7, 11) is 0. The summed E-state index contributed by atoms with van der Waals surface area (Å²) in [5, 5.41) is 3.20. The van der Waals surface area contributed by atoms with Gasteiger partial charge in [-0.2, -0.15) is 18.2 Å². The van der Waals surface area contributed by atoms with E-state index in [1.807, 2.05) is 13.8 Å². The van der Waals surface area contributed by atoms with Gasteiger partial charge in [0.1, 0.15) is 18.2 Å². The molecule has 0 aliphatic carbocycles. The molecule has 0 bridgehead atoms. The third-order valence-electron chi connectivity index (χ3n) is 4.66. The molecule has 0 fully saturated rings. The molecule has 3 heterocycles. The van der Waals surface area contributed by atoms with Crippen LogP contribution in [0, 0.1) is 5.82 Å². The summed E-state index contributed by atoms with van der Waals surface area (Å²) in [4.78, 5) is 19.5. The lowest BCUT2D eigenvalue weighted by molar-refractivity contribution is -0.137. The van der Waals surface area contributed by atoms with Crippen LogP contribution in [0.15, 0.2) is 47.5 Å². The number of anilines is 1. The summed E-state index contributed by atoms with van der Waals surface area (Å²) < 4.78 is 65.0. The van der Waals surface area contributed by atoms with Crippen LogP contribution in [0.25, 0.3) is 0 Å². The van der Waals surface area contributed by atoms with Crippen LogP contribution >= 0.6 is 0 Å². The molecule has 7 nitrogen and oxygen atoms in total. The van der Waals surface area contributed by atoms with Crippen LogP contribution in [0.5, 0.6) is 17.4 Å². The van der Waals surface area contributed by atoms with Crippen LogP contribution in [0.2, 0.25) is 0 Å². The third-order valence-corrected chi connectivity index (χ3v) is 4.66. The summed E-state index contributed by atoms with van der Waals surface area (Å²) in [5.41, 5.74) is -1.34. The molecule has 1 aromatic carbocycles. The van der Waals surface area contributed by atoms with Gasteiger partial charge >= 0.3 is 11.9 Å². The minimum atomic E-state index is -4.59. The van der Waals surface area contributed by atoms with Gasteiger partial charge in [-0.1, -0.05) is 6.07 Å². The number of ether oxygens (including phenoxy) is 2. The SMILES string of the molecule is CC1(C)Cn2c(cc(OCc3ccc(Oc4cncc(C(F)(F)F)c4)c(F)c3)nc2=O)N1. The van der Waals surface area contributed by atoms with Crippen LogP contribution in [0.3, 0.4) is 0 Å². The number of hydrogen-bond donors (Lipinski definition) is 1. The van der Waals surface area contributed by atoms with Crippen molar-refractivity contribution in [2.75, 3.05) is 5.32 Å². The largest absolute Gasteiger partial charge is 0.473 e. The van der Waals surface area contributed by atoms with Gasteiger partial charge in [-0.05, 0) is 37.6 Å². The van der Waals surface area contributed by atoms with E-state index in [0.717, 1.165) is 18.3 Å². The Labute approximate surface area is 179 Å². The highest BCUT2D eigenvalue weighted by atomic mass is 19.4. The van der Waals surface area contributed by atoms with Gasteiger partial charge in [-0.25, -0.2) is 9.18 Å². The molecule has 1 N–H and O–H groups in total. The number of pyridine rings is 1. The van der Waals surface area contributed by atoms with Crippen LogP contribution in [-0.2, 0) is 19.3 Å². The fraction of sp³-hybridized carbons (Fsp3) is 0.286. The lowest BCUT2D eigenvalue weighted by Crippen LogP contribution is -2.30. The van der Waals surface area contributed by atoms with E-state index in [2.05, 4.69) is 15.3 Å². The van der Waals surface area contributed by atoms with Crippen molar-refractivity contribution < 1.29 is 27.0 Å². The molecule has 1 aliphatic heterocycles. The topological polar surface area (TPSA) is 78.3 Å². The average molecular weight is 450 g/mol. The lowest BCUT2D eigenvalue weighted by Gasteiger charge is -2.16. The van der Waals surface area contributed by atoms with Crippen molar-refractivity contribution in [1.82, 2.24) is 14.5 Å². The van der Waals surface area contributed by atoms with E-state index in [9.17, 15) is 22.4 Å². The van der Waals surface area contributed by atoms with Crippen molar-refractivity contribution in [3.05, 3.63) is 70.2 Å². The molecule has 0 saturated carbocycles. The van der Waals surface area contributed by atoms with Crippen molar-refractivity contribution in [1.29, 1.82) is 0 Å². The van der Waals surface area contributed by atoms with Crippen molar-refractivity contribution in [2.24, 2.45) is 0 Å². The second-order valence-electron chi connectivity index (χ2n) is 7.92. The maximum atomic E-state index is 14.4. The second kappa shape index (κ2) is 7.81. The fourth-order valence-corrected chi connectivity index (χ4v) is 3.23. The number of aromatic nitrogens is 3. The lowest BCUT2D eigenvalue weighted by atomic mass is 10.1. The van der Waals surface area contributed by atoms with E-state index in [1.54, 1.807) is 6.07 Å². The van der Waals surface area contributed by atoms with Gasteiger partial charge < -0.3 is 14.8 Å². The monoisotopic (exact) mass is 450 g/mol. The fourth-order valence-electron chi connectivity index (χ4n) is 3.23. The van der Waals surface area contributed by atoms with Crippen LogP contribution in [-0.4, -0.2) is 20.1 Å². The van der Waals surface area contributed by atoms with Crippen LogP contribution in [0.4, 0.5) is 23.4 Å². The number of halogens is 4. The van der Waals surface area contributed by atoms with E-state index in [1.165, 1.54) is 16.7 Å². The zero-order valence-corrected chi connectivity index (χ0v) is 17.0. The normalized spacial score (nSPS) is 14.6. The minimum absolute atomic E-state index is 0.0817. The molecular weight excluding hydrogens is 432 g/mol. The van der Waals surface area contributed by atoms with Crippen molar-refractivity contribution in [2.45, 2.75) is 38.7 Å². The Morgan fingerprint density at radius 2 is 1.97 bits per heavy atom. The van der Waals surface area contributed by atoms with Crippen molar-refractivity contribution in [3.63, 3.8) is 0 Å². The van der Waals surface area contributed by atoms with Crippen LogP contribution < -0.4 is 20.5 Å². The van der Waals surface area contributed by atoms with Crippen LogP contribution in [0.1, 0.15) is 25.0 Å². The maximum absolute atomic E-state index is 14.4. The van der Waals surface area contributed by atoms with Gasteiger partial charge in [0.2, 0.25) is 5.88 Å². The molecule has 0 spiro atoms. The summed E-state index contributed by atoms with van der Waals surface area (Å²) in [6, 6.07) is 6.20. The molecule has 168 valence electrons. The molecule has 0 atom stereocenters. The number of fused-ring (bicyclic) bond motifs is 1. The first-order valence-corrected chi connectivity index (χ1v) is 9.52. The standard InChI is InChI=1S/C21H18F4N4O3/c1-20(2)11-29-17(28-20)7-18(27-19(29)30)31-10-12-3-4-16(15(22)5-12)32-14-6-13(8-26-9-14)21(23,24)25/h3-9,28H,10-11H2,1-2H3. The molecular formula is C21H18F4N4O3. The number of alkyl halides is 3. The molecule has 0 amide bonds. The predicted octanol–water partition coefficient (Wildman–Crippen LogP) is 4.37. The quantitative estimate of drug-likeness (QED) is 0.582. The molecule has 11 heteroatoms. The smallest absolute Gasteiger partial charge is 0.418 e. The average Bonchev–Trinajstić information content (AvgIpc) is 3.02. The first kappa shape index (κ1) is 21.6. The number of benzene rings is 1. The van der Waals surface area contributed by atoms with E-state index < -0.39 is 23.2 Å². The molecule has 32 heavy (non-hydrogen) atoms. The number of nitrogens with zero attached hydrogens (tertiary/aromatic N) is 3. The predicted molar refractivity (Wildman–Crippen MR) is 106 cm³/mol.